The van der Waals surface area contributed by atoms with Gasteiger partial charge in [-0.05, 0) is 30.7 Å². The Morgan fingerprint density at radius 2 is 1.88 bits per heavy atom. The van der Waals surface area contributed by atoms with Crippen LogP contribution >= 0.6 is 0 Å². The van der Waals surface area contributed by atoms with Crippen molar-refractivity contribution in [1.29, 1.82) is 0 Å². The Morgan fingerprint density at radius 1 is 1.21 bits per heavy atom. The predicted molar refractivity (Wildman–Crippen MR) is 89.7 cm³/mol. The second-order valence-corrected chi connectivity index (χ2v) is 7.02. The molecule has 2 saturated heterocycles. The number of nitrogens with zero attached hydrogens (tertiary/aromatic N) is 1. The molecule has 2 heterocycles. The van der Waals surface area contributed by atoms with Crippen LogP contribution < -0.4 is 0 Å². The van der Waals surface area contributed by atoms with Crippen LogP contribution in [0.5, 0.6) is 0 Å². The Morgan fingerprint density at radius 3 is 2.46 bits per heavy atom. The number of rotatable bonds is 3. The molecule has 2 aliphatic heterocycles. The molecule has 1 aromatic rings. The number of carboxylic acid groups (broad SMARTS) is 1. The average molecular weight is 331 g/mol. The fourth-order valence-corrected chi connectivity index (χ4v) is 4.10. The number of carbonyl (C=O) groups is 2. The first kappa shape index (κ1) is 17.0. The van der Waals surface area contributed by atoms with Gasteiger partial charge in [0.2, 0.25) is 5.91 Å². The maximum Gasteiger partial charge on any atom is 0.306 e. The summed E-state index contributed by atoms with van der Waals surface area (Å²) in [7, 11) is 0. The number of likely N-dealkylation sites (tertiary alicyclic amines) is 1. The molecule has 2 aliphatic rings. The van der Waals surface area contributed by atoms with Crippen molar-refractivity contribution in [3.05, 3.63) is 35.9 Å². The van der Waals surface area contributed by atoms with Crippen molar-refractivity contribution in [2.45, 2.75) is 31.6 Å². The smallest absolute Gasteiger partial charge is 0.306 e. The molecule has 2 atom stereocenters. The number of hydrogen-bond donors (Lipinski definition) is 1. The first-order chi connectivity index (χ1) is 11.5. The highest BCUT2D eigenvalue weighted by molar-refractivity contribution is 5.88. The SMILES string of the molecule is CC1CN(C(=O)C2(c3ccccc3)CCOCC2)CCC1C(=O)O. The van der Waals surface area contributed by atoms with Crippen LogP contribution in [0.25, 0.3) is 0 Å². The zero-order valence-corrected chi connectivity index (χ0v) is 14.1. The van der Waals surface area contributed by atoms with Crippen LogP contribution in [0, 0.1) is 11.8 Å². The van der Waals surface area contributed by atoms with E-state index in [2.05, 4.69) is 0 Å². The molecule has 0 aromatic heterocycles. The van der Waals surface area contributed by atoms with Crippen molar-refractivity contribution in [3.63, 3.8) is 0 Å². The minimum atomic E-state index is -0.751. The number of ether oxygens (including phenoxy) is 1. The molecule has 0 radical (unpaired) electrons. The zero-order chi connectivity index (χ0) is 17.2. The van der Waals surface area contributed by atoms with Crippen molar-refractivity contribution in [2.75, 3.05) is 26.3 Å². The second-order valence-electron chi connectivity index (χ2n) is 7.02. The maximum absolute atomic E-state index is 13.4. The number of amides is 1. The molecule has 1 amide bonds. The van der Waals surface area contributed by atoms with Crippen LogP contribution in [-0.4, -0.2) is 48.2 Å². The molecule has 1 N–H and O–H groups in total. The summed E-state index contributed by atoms with van der Waals surface area (Å²) in [6.45, 7) is 4.14. The standard InChI is InChI=1S/C19H25NO4/c1-14-13-20(10-7-16(14)17(21)22)18(23)19(8-11-24-12-9-19)15-5-3-2-4-6-15/h2-6,14,16H,7-13H2,1H3,(H,21,22). The van der Waals surface area contributed by atoms with E-state index in [-0.39, 0.29) is 17.7 Å². The summed E-state index contributed by atoms with van der Waals surface area (Å²) >= 11 is 0. The molecular weight excluding hydrogens is 306 g/mol. The van der Waals surface area contributed by atoms with Gasteiger partial charge >= 0.3 is 5.97 Å². The number of aliphatic carboxylic acids is 1. The summed E-state index contributed by atoms with van der Waals surface area (Å²) in [5.41, 5.74) is 0.515. The van der Waals surface area contributed by atoms with E-state index in [9.17, 15) is 14.7 Å². The third kappa shape index (κ3) is 3.05. The molecule has 0 bridgehead atoms. The number of benzene rings is 1. The van der Waals surface area contributed by atoms with Crippen LogP contribution in [0.4, 0.5) is 0 Å². The van der Waals surface area contributed by atoms with E-state index in [0.717, 1.165) is 5.56 Å². The second kappa shape index (κ2) is 6.93. The van der Waals surface area contributed by atoms with Gasteiger partial charge in [-0.2, -0.15) is 0 Å². The Hall–Kier alpha value is -1.88. The van der Waals surface area contributed by atoms with E-state index >= 15 is 0 Å². The van der Waals surface area contributed by atoms with Crippen LogP contribution in [0.3, 0.4) is 0 Å². The largest absolute Gasteiger partial charge is 0.481 e. The lowest BCUT2D eigenvalue weighted by molar-refractivity contribution is -0.151. The Balaban J connectivity index is 1.84. The lowest BCUT2D eigenvalue weighted by Gasteiger charge is -2.43. The van der Waals surface area contributed by atoms with Gasteiger partial charge in [-0.3, -0.25) is 9.59 Å². The van der Waals surface area contributed by atoms with Gasteiger partial charge in [0.25, 0.3) is 0 Å². The summed E-state index contributed by atoms with van der Waals surface area (Å²) in [6.07, 6.45) is 1.90. The van der Waals surface area contributed by atoms with Gasteiger partial charge in [0, 0.05) is 26.3 Å². The van der Waals surface area contributed by atoms with E-state index in [1.54, 1.807) is 0 Å². The van der Waals surface area contributed by atoms with Crippen LogP contribution in [-0.2, 0) is 19.7 Å². The third-order valence-corrected chi connectivity index (χ3v) is 5.59. The summed E-state index contributed by atoms with van der Waals surface area (Å²) in [5.74, 6) is -0.990. The zero-order valence-electron chi connectivity index (χ0n) is 14.1. The Kier molecular flexibility index (Phi) is 4.90. The van der Waals surface area contributed by atoms with Gasteiger partial charge in [-0.1, -0.05) is 37.3 Å². The quantitative estimate of drug-likeness (QED) is 0.923. The van der Waals surface area contributed by atoms with Crippen molar-refractivity contribution in [2.24, 2.45) is 11.8 Å². The van der Waals surface area contributed by atoms with Gasteiger partial charge in [0.1, 0.15) is 0 Å². The fraction of sp³-hybridized carbons (Fsp3) is 0.579. The first-order valence-electron chi connectivity index (χ1n) is 8.70. The lowest BCUT2D eigenvalue weighted by atomic mass is 9.72. The molecule has 2 unspecified atom stereocenters. The maximum atomic E-state index is 13.4. The van der Waals surface area contributed by atoms with Crippen molar-refractivity contribution >= 4 is 11.9 Å². The van der Waals surface area contributed by atoms with Crippen molar-refractivity contribution in [1.82, 2.24) is 4.90 Å². The van der Waals surface area contributed by atoms with Gasteiger partial charge in [0.15, 0.2) is 0 Å². The van der Waals surface area contributed by atoms with Gasteiger partial charge in [-0.15, -0.1) is 0 Å². The van der Waals surface area contributed by atoms with Crippen molar-refractivity contribution in [3.8, 4) is 0 Å². The number of carbonyl (C=O) groups excluding carboxylic acids is 1. The van der Waals surface area contributed by atoms with E-state index in [1.807, 2.05) is 42.2 Å². The van der Waals surface area contributed by atoms with Crippen LogP contribution in [0.15, 0.2) is 30.3 Å². The highest BCUT2D eigenvalue weighted by Gasteiger charge is 2.45. The van der Waals surface area contributed by atoms with E-state index < -0.39 is 11.4 Å². The number of piperidine rings is 1. The Bertz CT molecular complexity index is 595. The summed E-state index contributed by atoms with van der Waals surface area (Å²) in [6, 6.07) is 9.95. The highest BCUT2D eigenvalue weighted by Crippen LogP contribution is 2.38. The molecule has 3 rings (SSSR count). The molecule has 5 heteroatoms. The van der Waals surface area contributed by atoms with Gasteiger partial charge in [-0.25, -0.2) is 0 Å². The predicted octanol–water partition coefficient (Wildman–Crippen LogP) is 2.30. The summed E-state index contributed by atoms with van der Waals surface area (Å²) in [4.78, 5) is 26.6. The van der Waals surface area contributed by atoms with E-state index in [4.69, 9.17) is 4.74 Å². The van der Waals surface area contributed by atoms with Crippen LogP contribution in [0.2, 0.25) is 0 Å². The van der Waals surface area contributed by atoms with Gasteiger partial charge < -0.3 is 14.7 Å². The average Bonchev–Trinajstić information content (AvgIpc) is 2.62. The molecule has 0 saturated carbocycles. The van der Waals surface area contributed by atoms with Crippen molar-refractivity contribution < 1.29 is 19.4 Å². The molecule has 130 valence electrons. The molecule has 5 nitrogen and oxygen atoms in total. The van der Waals surface area contributed by atoms with Crippen LogP contribution in [0.1, 0.15) is 31.7 Å². The molecule has 24 heavy (non-hydrogen) atoms. The number of hydrogen-bond acceptors (Lipinski definition) is 3. The monoisotopic (exact) mass is 331 g/mol. The normalized spacial score (nSPS) is 26.8. The lowest BCUT2D eigenvalue weighted by Crippen LogP contribution is -2.54. The summed E-state index contributed by atoms with van der Waals surface area (Å²) < 4.78 is 5.50. The minimum absolute atomic E-state index is 0.0205. The molecular formula is C19H25NO4. The molecule has 0 spiro atoms. The topological polar surface area (TPSA) is 66.8 Å². The number of carboxylic acids is 1. The third-order valence-electron chi connectivity index (χ3n) is 5.59. The Labute approximate surface area is 142 Å². The van der Waals surface area contributed by atoms with E-state index in [0.29, 0.717) is 45.6 Å². The first-order valence-corrected chi connectivity index (χ1v) is 8.70. The molecule has 1 aromatic carbocycles. The minimum Gasteiger partial charge on any atom is -0.481 e. The van der Waals surface area contributed by atoms with Gasteiger partial charge in [0.05, 0.1) is 11.3 Å². The molecule has 0 aliphatic carbocycles. The summed E-state index contributed by atoms with van der Waals surface area (Å²) in [5, 5.41) is 9.29. The molecule has 2 fully saturated rings. The highest BCUT2D eigenvalue weighted by atomic mass is 16.5. The fourth-order valence-electron chi connectivity index (χ4n) is 4.10. The van der Waals surface area contributed by atoms with E-state index in [1.165, 1.54) is 0 Å².